The van der Waals surface area contributed by atoms with Crippen LogP contribution in [0.5, 0.6) is 5.75 Å². The molecule has 0 bridgehead atoms. The summed E-state index contributed by atoms with van der Waals surface area (Å²) in [7, 11) is 1.61. The van der Waals surface area contributed by atoms with Crippen molar-refractivity contribution in [3.63, 3.8) is 0 Å². The zero-order chi connectivity index (χ0) is 16.2. The number of ketones is 2. The first-order chi connectivity index (χ1) is 11.2. The molecule has 1 aliphatic rings. The molecule has 116 valence electrons. The third kappa shape index (κ3) is 3.09. The highest BCUT2D eigenvalue weighted by atomic mass is 16.5. The molecule has 3 rings (SSSR count). The zero-order valence-electron chi connectivity index (χ0n) is 13.0. The molecule has 3 nitrogen and oxygen atoms in total. The van der Waals surface area contributed by atoms with Crippen molar-refractivity contribution in [2.75, 3.05) is 7.11 Å². The maximum Gasteiger partial charge on any atom is 0.196 e. The van der Waals surface area contributed by atoms with Gasteiger partial charge in [0.15, 0.2) is 11.6 Å². The Morgan fingerprint density at radius 3 is 2.30 bits per heavy atom. The normalized spacial score (nSPS) is 14.7. The van der Waals surface area contributed by atoms with Crippen LogP contribution in [-0.2, 0) is 4.79 Å². The van der Waals surface area contributed by atoms with E-state index in [4.69, 9.17) is 4.74 Å². The molecule has 0 N–H and O–H groups in total. The fourth-order valence-electron chi connectivity index (χ4n) is 2.92. The number of rotatable bonds is 4. The van der Waals surface area contributed by atoms with Gasteiger partial charge in [0.25, 0.3) is 0 Å². The van der Waals surface area contributed by atoms with Crippen molar-refractivity contribution in [3.8, 4) is 5.75 Å². The average molecular weight is 306 g/mol. The average Bonchev–Trinajstić information content (AvgIpc) is 2.62. The number of hydrogen-bond acceptors (Lipinski definition) is 3. The molecule has 0 fully saturated rings. The van der Waals surface area contributed by atoms with Gasteiger partial charge in [-0.05, 0) is 36.1 Å². The molecule has 23 heavy (non-hydrogen) atoms. The lowest BCUT2D eigenvalue weighted by Crippen LogP contribution is -2.19. The van der Waals surface area contributed by atoms with E-state index in [-0.39, 0.29) is 11.6 Å². The predicted octanol–water partition coefficient (Wildman–Crippen LogP) is 4.08. The Morgan fingerprint density at radius 2 is 1.65 bits per heavy atom. The molecule has 0 spiro atoms. The first kappa shape index (κ1) is 15.2. The summed E-state index contributed by atoms with van der Waals surface area (Å²) >= 11 is 0. The summed E-state index contributed by atoms with van der Waals surface area (Å²) in [4.78, 5) is 25.2. The molecule has 0 amide bonds. The second-order valence-electron chi connectivity index (χ2n) is 5.55. The van der Waals surface area contributed by atoms with E-state index in [1.807, 2.05) is 42.5 Å². The van der Waals surface area contributed by atoms with Crippen molar-refractivity contribution >= 4 is 17.1 Å². The van der Waals surface area contributed by atoms with Gasteiger partial charge in [-0.15, -0.1) is 0 Å². The highest BCUT2D eigenvalue weighted by Crippen LogP contribution is 2.33. The maximum absolute atomic E-state index is 12.8. The number of methoxy groups -OCH3 is 1. The zero-order valence-corrected chi connectivity index (χ0v) is 13.0. The van der Waals surface area contributed by atoms with Crippen molar-refractivity contribution in [2.24, 2.45) is 0 Å². The van der Waals surface area contributed by atoms with Gasteiger partial charge in [0.05, 0.1) is 12.7 Å². The van der Waals surface area contributed by atoms with Gasteiger partial charge in [0.2, 0.25) is 0 Å². The van der Waals surface area contributed by atoms with Crippen LogP contribution in [0.1, 0.15) is 35.2 Å². The molecule has 0 radical (unpaired) electrons. The Hall–Kier alpha value is -2.68. The lowest BCUT2D eigenvalue weighted by molar-refractivity contribution is -0.115. The van der Waals surface area contributed by atoms with E-state index < -0.39 is 0 Å². The van der Waals surface area contributed by atoms with E-state index in [0.717, 1.165) is 29.7 Å². The first-order valence-corrected chi connectivity index (χ1v) is 7.71. The van der Waals surface area contributed by atoms with Crippen molar-refractivity contribution in [1.29, 1.82) is 0 Å². The van der Waals surface area contributed by atoms with Gasteiger partial charge in [-0.3, -0.25) is 9.59 Å². The van der Waals surface area contributed by atoms with E-state index in [9.17, 15) is 9.59 Å². The van der Waals surface area contributed by atoms with E-state index in [0.29, 0.717) is 17.6 Å². The van der Waals surface area contributed by atoms with Gasteiger partial charge < -0.3 is 4.74 Å². The Morgan fingerprint density at radius 1 is 0.957 bits per heavy atom. The van der Waals surface area contributed by atoms with Crippen LogP contribution in [0, 0.1) is 0 Å². The number of hydrogen-bond donors (Lipinski definition) is 0. The molecule has 2 aromatic rings. The monoisotopic (exact) mass is 306 g/mol. The van der Waals surface area contributed by atoms with Gasteiger partial charge in [-0.1, -0.05) is 42.5 Å². The van der Waals surface area contributed by atoms with Crippen LogP contribution in [-0.4, -0.2) is 18.7 Å². The van der Waals surface area contributed by atoms with E-state index in [1.54, 1.807) is 19.2 Å². The van der Waals surface area contributed by atoms with Gasteiger partial charge in [-0.25, -0.2) is 0 Å². The van der Waals surface area contributed by atoms with E-state index in [1.165, 1.54) is 0 Å². The molecule has 0 saturated heterocycles. The second-order valence-corrected chi connectivity index (χ2v) is 5.55. The molecule has 0 saturated carbocycles. The van der Waals surface area contributed by atoms with Crippen LogP contribution in [0.2, 0.25) is 0 Å². The summed E-state index contributed by atoms with van der Waals surface area (Å²) in [6.45, 7) is 0. The third-order valence-electron chi connectivity index (χ3n) is 4.11. The summed E-state index contributed by atoms with van der Waals surface area (Å²) in [5, 5.41) is 0. The second kappa shape index (κ2) is 6.61. The van der Waals surface area contributed by atoms with Crippen LogP contribution >= 0.6 is 0 Å². The Balaban J connectivity index is 2.08. The number of ether oxygens (including phenoxy) is 1. The molecule has 0 heterocycles. The van der Waals surface area contributed by atoms with Crippen LogP contribution < -0.4 is 4.74 Å². The van der Waals surface area contributed by atoms with Crippen molar-refractivity contribution in [3.05, 3.63) is 71.3 Å². The molecule has 0 aliphatic heterocycles. The first-order valence-electron chi connectivity index (χ1n) is 7.71. The van der Waals surface area contributed by atoms with Gasteiger partial charge in [-0.2, -0.15) is 0 Å². The Bertz CT molecular complexity index is 755. The molecular weight excluding hydrogens is 288 g/mol. The molecule has 0 aromatic heterocycles. The third-order valence-corrected chi connectivity index (χ3v) is 4.11. The van der Waals surface area contributed by atoms with Crippen LogP contribution in [0.25, 0.3) is 5.57 Å². The number of allylic oxidation sites excluding steroid dienone is 2. The Labute approximate surface area is 135 Å². The minimum absolute atomic E-state index is 0.0593. The summed E-state index contributed by atoms with van der Waals surface area (Å²) in [5.74, 6) is 0.518. The van der Waals surface area contributed by atoms with Crippen molar-refractivity contribution in [2.45, 2.75) is 19.3 Å². The van der Waals surface area contributed by atoms with Crippen LogP contribution in [0.15, 0.2) is 60.2 Å². The van der Waals surface area contributed by atoms with Crippen LogP contribution in [0.4, 0.5) is 0 Å². The molecule has 3 heteroatoms. The number of Topliss-reactive ketones (excluding diaryl/α,β-unsaturated/α-hetero) is 2. The largest absolute Gasteiger partial charge is 0.497 e. The van der Waals surface area contributed by atoms with Crippen LogP contribution in [0.3, 0.4) is 0 Å². The van der Waals surface area contributed by atoms with Crippen molar-refractivity contribution in [1.82, 2.24) is 0 Å². The molecular formula is C20H18O3. The summed E-state index contributed by atoms with van der Waals surface area (Å²) in [6.07, 6.45) is 1.96. The quantitative estimate of drug-likeness (QED) is 0.631. The fourth-order valence-corrected chi connectivity index (χ4v) is 2.92. The molecule has 2 aromatic carbocycles. The predicted molar refractivity (Wildman–Crippen MR) is 89.5 cm³/mol. The highest BCUT2D eigenvalue weighted by molar-refractivity contribution is 6.31. The van der Waals surface area contributed by atoms with E-state index >= 15 is 0 Å². The minimum atomic E-state index is -0.180. The fraction of sp³-hybridized carbons (Fsp3) is 0.200. The topological polar surface area (TPSA) is 43.4 Å². The summed E-state index contributed by atoms with van der Waals surface area (Å²) in [5.41, 5.74) is 2.66. The summed E-state index contributed by atoms with van der Waals surface area (Å²) in [6, 6.07) is 16.5. The van der Waals surface area contributed by atoms with Gasteiger partial charge >= 0.3 is 0 Å². The molecule has 1 aliphatic carbocycles. The smallest absolute Gasteiger partial charge is 0.196 e. The maximum atomic E-state index is 12.8. The summed E-state index contributed by atoms with van der Waals surface area (Å²) < 4.78 is 5.17. The highest BCUT2D eigenvalue weighted by Gasteiger charge is 2.27. The van der Waals surface area contributed by atoms with Gasteiger partial charge in [0, 0.05) is 12.0 Å². The minimum Gasteiger partial charge on any atom is -0.497 e. The standard InChI is InChI=1S/C20H18O3/c1-23-16-12-10-14(11-13-16)17-8-5-9-18(21)19(17)20(22)15-6-3-2-4-7-15/h2-4,6-7,10-13H,5,8-9H2,1H3. The number of carbonyl (C=O) groups excluding carboxylic acids is 2. The SMILES string of the molecule is COc1ccc(C2=C(C(=O)c3ccccc3)C(=O)CCC2)cc1. The molecule has 0 unspecified atom stereocenters. The van der Waals surface area contributed by atoms with E-state index in [2.05, 4.69) is 0 Å². The van der Waals surface area contributed by atoms with Gasteiger partial charge in [0.1, 0.15) is 5.75 Å². The van der Waals surface area contributed by atoms with Crippen molar-refractivity contribution < 1.29 is 14.3 Å². The molecule has 0 atom stereocenters. The Kier molecular flexibility index (Phi) is 4.38. The lowest BCUT2D eigenvalue weighted by Gasteiger charge is -2.19. The number of carbonyl (C=O) groups is 2. The lowest BCUT2D eigenvalue weighted by atomic mass is 9.83. The number of benzene rings is 2.